The van der Waals surface area contributed by atoms with E-state index in [9.17, 15) is 4.39 Å². The molecule has 2 aromatic carbocycles. The summed E-state index contributed by atoms with van der Waals surface area (Å²) in [6, 6.07) is 12.9. The molecule has 4 nitrogen and oxygen atoms in total. The molecule has 134 valence electrons. The molecular formula is C19H24FN3OS. The van der Waals surface area contributed by atoms with Crippen molar-refractivity contribution in [3.8, 4) is 5.75 Å². The molecule has 1 atom stereocenters. The number of nitrogens with one attached hydrogen (secondary N) is 2. The zero-order valence-electron chi connectivity index (χ0n) is 15.0. The number of halogens is 1. The van der Waals surface area contributed by atoms with Crippen LogP contribution in [-0.4, -0.2) is 37.8 Å². The maximum absolute atomic E-state index is 13.6. The Morgan fingerprint density at radius 3 is 2.60 bits per heavy atom. The summed E-state index contributed by atoms with van der Waals surface area (Å²) in [5, 5.41) is 6.66. The zero-order chi connectivity index (χ0) is 18.4. The van der Waals surface area contributed by atoms with Gasteiger partial charge in [-0.25, -0.2) is 4.39 Å². The summed E-state index contributed by atoms with van der Waals surface area (Å²) in [6.07, 6.45) is 0. The van der Waals surface area contributed by atoms with E-state index in [1.807, 2.05) is 38.4 Å². The number of para-hydroxylation sites is 1. The predicted molar refractivity (Wildman–Crippen MR) is 105 cm³/mol. The fourth-order valence-corrected chi connectivity index (χ4v) is 2.75. The molecule has 2 N–H and O–H groups in total. The van der Waals surface area contributed by atoms with Gasteiger partial charge in [-0.05, 0) is 57.0 Å². The molecule has 0 saturated heterocycles. The summed E-state index contributed by atoms with van der Waals surface area (Å²) in [7, 11) is 5.67. The van der Waals surface area contributed by atoms with Gasteiger partial charge in [0.05, 0.1) is 13.2 Å². The molecule has 0 radical (unpaired) electrons. The van der Waals surface area contributed by atoms with Crippen LogP contribution in [0.2, 0.25) is 0 Å². The number of nitrogens with zero attached hydrogens (tertiary/aromatic N) is 1. The van der Waals surface area contributed by atoms with Crippen molar-refractivity contribution >= 4 is 23.0 Å². The Morgan fingerprint density at radius 2 is 1.96 bits per heavy atom. The third-order valence-electron chi connectivity index (χ3n) is 4.01. The van der Waals surface area contributed by atoms with E-state index in [1.54, 1.807) is 26.2 Å². The Bertz CT molecular complexity index is 736. The molecule has 25 heavy (non-hydrogen) atoms. The van der Waals surface area contributed by atoms with E-state index in [0.717, 1.165) is 11.3 Å². The van der Waals surface area contributed by atoms with Crippen molar-refractivity contribution in [3.63, 3.8) is 0 Å². The van der Waals surface area contributed by atoms with Crippen LogP contribution in [-0.2, 0) is 0 Å². The van der Waals surface area contributed by atoms with Crippen LogP contribution < -0.4 is 15.4 Å². The summed E-state index contributed by atoms with van der Waals surface area (Å²) in [6.45, 7) is 2.32. The van der Waals surface area contributed by atoms with Crippen LogP contribution in [0.15, 0.2) is 42.5 Å². The van der Waals surface area contributed by atoms with Gasteiger partial charge in [0.2, 0.25) is 0 Å². The summed E-state index contributed by atoms with van der Waals surface area (Å²) in [4.78, 5) is 2.10. The van der Waals surface area contributed by atoms with E-state index < -0.39 is 0 Å². The molecule has 0 saturated carbocycles. The quantitative estimate of drug-likeness (QED) is 0.767. The molecule has 0 unspecified atom stereocenters. The average Bonchev–Trinajstić information content (AvgIpc) is 2.58. The maximum Gasteiger partial charge on any atom is 0.170 e. The minimum atomic E-state index is -0.256. The van der Waals surface area contributed by atoms with Gasteiger partial charge in [-0.1, -0.05) is 24.3 Å². The summed E-state index contributed by atoms with van der Waals surface area (Å²) in [5.74, 6) is 0.579. The third-order valence-corrected chi connectivity index (χ3v) is 4.25. The van der Waals surface area contributed by atoms with E-state index in [4.69, 9.17) is 17.0 Å². The molecule has 0 bridgehead atoms. The maximum atomic E-state index is 13.6. The van der Waals surface area contributed by atoms with Crippen molar-refractivity contribution in [3.05, 3.63) is 59.4 Å². The molecule has 6 heteroatoms. The van der Waals surface area contributed by atoms with E-state index in [1.165, 1.54) is 6.07 Å². The number of methoxy groups -OCH3 is 1. The lowest BCUT2D eigenvalue weighted by molar-refractivity contribution is 0.288. The number of ether oxygens (including phenoxy) is 1. The van der Waals surface area contributed by atoms with Crippen molar-refractivity contribution in [1.82, 2.24) is 10.2 Å². The first kappa shape index (κ1) is 19.1. The number of likely N-dealkylation sites (N-methyl/N-ethyl adjacent to an activating group) is 1. The summed E-state index contributed by atoms with van der Waals surface area (Å²) >= 11 is 5.33. The third kappa shape index (κ3) is 5.14. The van der Waals surface area contributed by atoms with Gasteiger partial charge in [-0.3, -0.25) is 0 Å². The predicted octanol–water partition coefficient (Wildman–Crippen LogP) is 3.73. The fourth-order valence-electron chi connectivity index (χ4n) is 2.55. The number of hydrogen-bond acceptors (Lipinski definition) is 3. The molecule has 0 spiro atoms. The second kappa shape index (κ2) is 8.78. The van der Waals surface area contributed by atoms with Crippen molar-refractivity contribution in [1.29, 1.82) is 0 Å². The number of benzene rings is 2. The lowest BCUT2D eigenvalue weighted by Gasteiger charge is -2.27. The van der Waals surface area contributed by atoms with E-state index >= 15 is 0 Å². The Morgan fingerprint density at radius 1 is 1.24 bits per heavy atom. The van der Waals surface area contributed by atoms with Crippen LogP contribution in [0.25, 0.3) is 0 Å². The smallest absolute Gasteiger partial charge is 0.170 e. The normalized spacial score (nSPS) is 11.9. The molecule has 0 fully saturated rings. The molecule has 2 aromatic rings. The minimum Gasteiger partial charge on any atom is -0.496 e. The topological polar surface area (TPSA) is 36.5 Å². The Labute approximate surface area is 154 Å². The fraction of sp³-hybridized carbons (Fsp3) is 0.316. The van der Waals surface area contributed by atoms with Crippen LogP contribution in [0, 0.1) is 12.7 Å². The van der Waals surface area contributed by atoms with Gasteiger partial charge in [0, 0.05) is 17.8 Å². The molecule has 0 aromatic heterocycles. The van der Waals surface area contributed by atoms with Crippen LogP contribution in [0.4, 0.5) is 10.1 Å². The van der Waals surface area contributed by atoms with Crippen LogP contribution >= 0.6 is 12.2 Å². The number of thiocarbonyl (C=S) groups is 1. The second-order valence-electron chi connectivity index (χ2n) is 6.02. The average molecular weight is 361 g/mol. The molecule has 0 amide bonds. The number of anilines is 1. The molecular weight excluding hydrogens is 337 g/mol. The molecule has 0 heterocycles. The summed E-state index contributed by atoms with van der Waals surface area (Å²) in [5.41, 5.74) is 2.30. The molecule has 0 aliphatic heterocycles. The highest BCUT2D eigenvalue weighted by Crippen LogP contribution is 2.27. The lowest BCUT2D eigenvalue weighted by Crippen LogP contribution is -2.36. The molecule has 0 aliphatic carbocycles. The largest absolute Gasteiger partial charge is 0.496 e. The highest BCUT2D eigenvalue weighted by Gasteiger charge is 2.18. The Hall–Kier alpha value is -2.18. The van der Waals surface area contributed by atoms with Gasteiger partial charge in [0.15, 0.2) is 5.11 Å². The summed E-state index contributed by atoms with van der Waals surface area (Å²) < 4.78 is 19.1. The van der Waals surface area contributed by atoms with E-state index in [-0.39, 0.29) is 11.9 Å². The zero-order valence-corrected chi connectivity index (χ0v) is 15.8. The monoisotopic (exact) mass is 361 g/mol. The van der Waals surface area contributed by atoms with Gasteiger partial charge in [-0.15, -0.1) is 0 Å². The molecule has 2 rings (SSSR count). The number of rotatable bonds is 6. The Balaban J connectivity index is 2.03. The van der Waals surface area contributed by atoms with Gasteiger partial charge in [-0.2, -0.15) is 0 Å². The standard InChI is InChI=1S/C19H24FN3OS/c1-13-9-10-14(11-16(13)20)22-19(25)21-12-17(23(2)3)15-7-5-6-8-18(15)24-4/h5-11,17H,12H2,1-4H3,(H2,21,22,25)/t17-/m1/s1. The van der Waals surface area contributed by atoms with E-state index in [0.29, 0.717) is 22.9 Å². The number of aryl methyl sites for hydroxylation is 1. The van der Waals surface area contributed by atoms with Crippen LogP contribution in [0.3, 0.4) is 0 Å². The van der Waals surface area contributed by atoms with Crippen molar-refractivity contribution in [2.24, 2.45) is 0 Å². The Kier molecular flexibility index (Phi) is 6.73. The van der Waals surface area contributed by atoms with Gasteiger partial charge in [0.1, 0.15) is 11.6 Å². The van der Waals surface area contributed by atoms with Crippen LogP contribution in [0.1, 0.15) is 17.2 Å². The van der Waals surface area contributed by atoms with Crippen molar-refractivity contribution in [2.45, 2.75) is 13.0 Å². The molecule has 0 aliphatic rings. The highest BCUT2D eigenvalue weighted by atomic mass is 32.1. The number of hydrogen-bond donors (Lipinski definition) is 2. The first-order valence-corrected chi connectivity index (χ1v) is 8.43. The first-order chi connectivity index (χ1) is 11.9. The second-order valence-corrected chi connectivity index (χ2v) is 6.43. The van der Waals surface area contributed by atoms with Crippen molar-refractivity contribution in [2.75, 3.05) is 33.1 Å². The highest BCUT2D eigenvalue weighted by molar-refractivity contribution is 7.80. The SMILES string of the molecule is COc1ccccc1[C@@H](CNC(=S)Nc1ccc(C)c(F)c1)N(C)C. The van der Waals surface area contributed by atoms with E-state index in [2.05, 4.69) is 15.5 Å². The van der Waals surface area contributed by atoms with Gasteiger partial charge < -0.3 is 20.3 Å². The first-order valence-electron chi connectivity index (χ1n) is 8.02. The lowest BCUT2D eigenvalue weighted by atomic mass is 10.0. The van der Waals surface area contributed by atoms with Gasteiger partial charge in [0.25, 0.3) is 0 Å². The van der Waals surface area contributed by atoms with Gasteiger partial charge >= 0.3 is 0 Å². The minimum absolute atomic E-state index is 0.0747. The van der Waals surface area contributed by atoms with Crippen LogP contribution in [0.5, 0.6) is 5.75 Å². The van der Waals surface area contributed by atoms with Crippen molar-refractivity contribution < 1.29 is 9.13 Å².